The largest absolute Gasteiger partial charge is 0.353 e. The van der Waals surface area contributed by atoms with Gasteiger partial charge in [0, 0.05) is 24.5 Å². The zero-order chi connectivity index (χ0) is 14.2. The van der Waals surface area contributed by atoms with Crippen LogP contribution in [0.25, 0.3) is 0 Å². The average molecular weight is 300 g/mol. The van der Waals surface area contributed by atoms with E-state index in [1.54, 1.807) is 0 Å². The first-order chi connectivity index (χ1) is 9.50. The molecule has 0 radical (unpaired) electrons. The van der Waals surface area contributed by atoms with E-state index in [0.717, 1.165) is 12.8 Å². The fraction of sp³-hybridized carbons (Fsp3) is 0.929. The number of fused-ring (bicyclic) bond motifs is 2. The van der Waals surface area contributed by atoms with Crippen LogP contribution in [0.15, 0.2) is 0 Å². The standard InChI is InChI=1S/C14H24N2O3S/c17-14(16-11-3-5-20(18,19)6-4-11)9-10-7-12-1-2-13(8-10)15-12/h10-13,15H,1-9H2,(H,16,17). The molecule has 2 unspecified atom stereocenters. The van der Waals surface area contributed by atoms with Gasteiger partial charge in [-0.05, 0) is 44.4 Å². The summed E-state index contributed by atoms with van der Waals surface area (Å²) >= 11 is 0. The lowest BCUT2D eigenvalue weighted by atomic mass is 9.89. The minimum absolute atomic E-state index is 0.0597. The molecule has 114 valence electrons. The summed E-state index contributed by atoms with van der Waals surface area (Å²) in [5.74, 6) is 1.05. The molecule has 20 heavy (non-hydrogen) atoms. The first-order valence-corrected chi connectivity index (χ1v) is 9.58. The van der Waals surface area contributed by atoms with E-state index in [1.807, 2.05) is 0 Å². The number of carbonyl (C=O) groups excluding carboxylic acids is 1. The van der Waals surface area contributed by atoms with E-state index in [9.17, 15) is 13.2 Å². The van der Waals surface area contributed by atoms with Crippen LogP contribution in [0.1, 0.15) is 44.9 Å². The highest BCUT2D eigenvalue weighted by Gasteiger charge is 2.34. The molecular weight excluding hydrogens is 276 g/mol. The van der Waals surface area contributed by atoms with Crippen molar-refractivity contribution in [3.8, 4) is 0 Å². The van der Waals surface area contributed by atoms with Crippen molar-refractivity contribution in [3.63, 3.8) is 0 Å². The van der Waals surface area contributed by atoms with Crippen molar-refractivity contribution < 1.29 is 13.2 Å². The van der Waals surface area contributed by atoms with Crippen LogP contribution in [0.4, 0.5) is 0 Å². The lowest BCUT2D eigenvalue weighted by molar-refractivity contribution is -0.123. The van der Waals surface area contributed by atoms with Crippen molar-refractivity contribution in [2.75, 3.05) is 11.5 Å². The van der Waals surface area contributed by atoms with Crippen molar-refractivity contribution in [1.82, 2.24) is 10.6 Å². The van der Waals surface area contributed by atoms with E-state index >= 15 is 0 Å². The van der Waals surface area contributed by atoms with Gasteiger partial charge in [0.05, 0.1) is 11.5 Å². The Morgan fingerprint density at radius 1 is 1.05 bits per heavy atom. The predicted octanol–water partition coefficient (Wildman–Crippen LogP) is 0.601. The van der Waals surface area contributed by atoms with Crippen LogP contribution in [0, 0.1) is 5.92 Å². The van der Waals surface area contributed by atoms with Crippen molar-refractivity contribution in [1.29, 1.82) is 0 Å². The summed E-state index contributed by atoms with van der Waals surface area (Å²) in [6.45, 7) is 0. The Kier molecular flexibility index (Phi) is 4.04. The molecule has 3 heterocycles. The SMILES string of the molecule is O=C(CC1CC2CCC(C1)N2)NC1CCS(=O)(=O)CC1. The zero-order valence-electron chi connectivity index (χ0n) is 11.8. The first-order valence-electron chi connectivity index (χ1n) is 7.76. The molecule has 0 spiro atoms. The van der Waals surface area contributed by atoms with Gasteiger partial charge >= 0.3 is 0 Å². The summed E-state index contributed by atoms with van der Waals surface area (Å²) in [7, 11) is -2.84. The van der Waals surface area contributed by atoms with Crippen LogP contribution in [0.2, 0.25) is 0 Å². The van der Waals surface area contributed by atoms with Crippen LogP contribution in [-0.2, 0) is 14.6 Å². The van der Waals surface area contributed by atoms with Gasteiger partial charge in [-0.25, -0.2) is 8.42 Å². The predicted molar refractivity (Wildman–Crippen MR) is 77.1 cm³/mol. The van der Waals surface area contributed by atoms with E-state index in [1.165, 1.54) is 12.8 Å². The molecule has 2 bridgehead atoms. The van der Waals surface area contributed by atoms with Crippen LogP contribution in [-0.4, -0.2) is 44.0 Å². The van der Waals surface area contributed by atoms with Crippen molar-refractivity contribution in [2.45, 2.75) is 63.1 Å². The summed E-state index contributed by atoms with van der Waals surface area (Å²) in [6.07, 6.45) is 6.49. The Balaban J connectivity index is 1.43. The Bertz CT molecular complexity index is 451. The molecular formula is C14H24N2O3S. The summed E-state index contributed by atoms with van der Waals surface area (Å²) in [5.41, 5.74) is 0. The highest BCUT2D eigenvalue weighted by molar-refractivity contribution is 7.91. The summed E-state index contributed by atoms with van der Waals surface area (Å²) < 4.78 is 22.7. The topological polar surface area (TPSA) is 75.3 Å². The minimum atomic E-state index is -2.84. The van der Waals surface area contributed by atoms with Crippen LogP contribution in [0.5, 0.6) is 0 Å². The molecule has 1 amide bonds. The van der Waals surface area contributed by atoms with Gasteiger partial charge in [0.15, 0.2) is 0 Å². The number of hydrogen-bond donors (Lipinski definition) is 2. The lowest BCUT2D eigenvalue weighted by Gasteiger charge is -2.29. The Morgan fingerprint density at radius 3 is 2.25 bits per heavy atom. The third-order valence-electron chi connectivity index (χ3n) is 4.96. The fourth-order valence-corrected chi connectivity index (χ4v) is 5.42. The van der Waals surface area contributed by atoms with Gasteiger partial charge in [-0.1, -0.05) is 0 Å². The number of carbonyl (C=O) groups is 1. The van der Waals surface area contributed by atoms with Crippen molar-refractivity contribution >= 4 is 15.7 Å². The molecule has 3 fully saturated rings. The maximum Gasteiger partial charge on any atom is 0.220 e. The fourth-order valence-electron chi connectivity index (χ4n) is 3.92. The summed E-state index contributed by atoms with van der Waals surface area (Å²) in [5, 5.41) is 6.62. The second-order valence-electron chi connectivity index (χ2n) is 6.67. The van der Waals surface area contributed by atoms with Gasteiger partial charge in [-0.15, -0.1) is 0 Å². The van der Waals surface area contributed by atoms with Gasteiger partial charge < -0.3 is 10.6 Å². The van der Waals surface area contributed by atoms with Crippen LogP contribution in [0.3, 0.4) is 0 Å². The Hall–Kier alpha value is -0.620. The second kappa shape index (κ2) is 5.64. The minimum Gasteiger partial charge on any atom is -0.353 e. The number of amides is 1. The zero-order valence-corrected chi connectivity index (χ0v) is 12.6. The molecule has 3 aliphatic rings. The molecule has 0 aliphatic carbocycles. The first kappa shape index (κ1) is 14.3. The number of sulfone groups is 1. The monoisotopic (exact) mass is 300 g/mol. The van der Waals surface area contributed by atoms with Gasteiger partial charge in [0.2, 0.25) is 5.91 Å². The maximum atomic E-state index is 12.1. The molecule has 3 aliphatic heterocycles. The normalized spacial score (nSPS) is 36.7. The van der Waals surface area contributed by atoms with Crippen molar-refractivity contribution in [3.05, 3.63) is 0 Å². The molecule has 3 saturated heterocycles. The van der Waals surface area contributed by atoms with E-state index in [4.69, 9.17) is 0 Å². The Morgan fingerprint density at radius 2 is 1.65 bits per heavy atom. The third-order valence-corrected chi connectivity index (χ3v) is 6.68. The van der Waals surface area contributed by atoms with E-state index in [0.29, 0.717) is 37.3 Å². The highest BCUT2D eigenvalue weighted by Crippen LogP contribution is 2.32. The molecule has 0 aromatic carbocycles. The number of rotatable bonds is 3. The lowest BCUT2D eigenvalue weighted by Crippen LogP contribution is -2.43. The summed E-state index contributed by atoms with van der Waals surface area (Å²) in [4.78, 5) is 12.1. The quantitative estimate of drug-likeness (QED) is 0.800. The summed E-state index contributed by atoms with van der Waals surface area (Å²) in [6, 6.07) is 1.29. The molecule has 2 atom stereocenters. The second-order valence-corrected chi connectivity index (χ2v) is 8.98. The van der Waals surface area contributed by atoms with Gasteiger partial charge in [-0.2, -0.15) is 0 Å². The van der Waals surface area contributed by atoms with E-state index in [2.05, 4.69) is 10.6 Å². The number of nitrogens with one attached hydrogen (secondary N) is 2. The molecule has 0 saturated carbocycles. The molecule has 6 heteroatoms. The molecule has 0 aromatic heterocycles. The molecule has 2 N–H and O–H groups in total. The van der Waals surface area contributed by atoms with Crippen LogP contribution >= 0.6 is 0 Å². The highest BCUT2D eigenvalue weighted by atomic mass is 32.2. The van der Waals surface area contributed by atoms with Gasteiger partial charge in [-0.3, -0.25) is 4.79 Å². The van der Waals surface area contributed by atoms with E-state index < -0.39 is 9.84 Å². The van der Waals surface area contributed by atoms with Crippen LogP contribution < -0.4 is 10.6 Å². The average Bonchev–Trinajstić information content (AvgIpc) is 2.71. The third kappa shape index (κ3) is 3.52. The van der Waals surface area contributed by atoms with Gasteiger partial charge in [0.1, 0.15) is 9.84 Å². The maximum absolute atomic E-state index is 12.1. The van der Waals surface area contributed by atoms with Crippen molar-refractivity contribution in [2.24, 2.45) is 5.92 Å². The van der Waals surface area contributed by atoms with Gasteiger partial charge in [0.25, 0.3) is 0 Å². The number of piperidine rings is 1. The number of hydrogen-bond acceptors (Lipinski definition) is 4. The smallest absolute Gasteiger partial charge is 0.220 e. The molecule has 0 aromatic rings. The molecule has 3 rings (SSSR count). The van der Waals surface area contributed by atoms with E-state index in [-0.39, 0.29) is 23.5 Å². The molecule has 5 nitrogen and oxygen atoms in total. The Labute approximate surface area is 120 Å².